The molecule has 4 heteroatoms. The summed E-state index contributed by atoms with van der Waals surface area (Å²) in [7, 11) is 0. The molecule has 4 atom stereocenters. The average molecular weight is 279 g/mol. The van der Waals surface area contributed by atoms with Crippen molar-refractivity contribution in [2.45, 2.75) is 82.5 Å². The normalized spacial score (nSPS) is 42.8. The average Bonchev–Trinajstić information content (AvgIpc) is 3.07. The molecule has 0 spiro atoms. The predicted molar refractivity (Wildman–Crippen MR) is 80.3 cm³/mol. The highest BCUT2D eigenvalue weighted by Gasteiger charge is 2.48. The first kappa shape index (κ1) is 14.3. The van der Waals surface area contributed by atoms with E-state index >= 15 is 0 Å². The number of piperidine rings is 1. The number of hydrogen-bond donors (Lipinski definition) is 2. The van der Waals surface area contributed by atoms with Gasteiger partial charge in [0, 0.05) is 18.1 Å². The summed E-state index contributed by atoms with van der Waals surface area (Å²) in [6.45, 7) is 5.88. The van der Waals surface area contributed by atoms with Gasteiger partial charge in [-0.05, 0) is 64.3 Å². The molecule has 3 rings (SSSR count). The van der Waals surface area contributed by atoms with Crippen molar-refractivity contribution in [1.82, 2.24) is 10.2 Å². The maximum atomic E-state index is 12.0. The molecule has 1 amide bonds. The van der Waals surface area contributed by atoms with Gasteiger partial charge in [0.05, 0.1) is 5.54 Å². The van der Waals surface area contributed by atoms with Gasteiger partial charge in [-0.2, -0.15) is 0 Å². The van der Waals surface area contributed by atoms with Gasteiger partial charge in [-0.1, -0.05) is 6.92 Å². The van der Waals surface area contributed by atoms with Crippen LogP contribution in [-0.2, 0) is 4.79 Å². The fraction of sp³-hybridized carbons (Fsp3) is 0.938. The van der Waals surface area contributed by atoms with Crippen LogP contribution in [0.15, 0.2) is 0 Å². The Balaban J connectivity index is 1.66. The van der Waals surface area contributed by atoms with E-state index in [-0.39, 0.29) is 5.91 Å². The summed E-state index contributed by atoms with van der Waals surface area (Å²) in [4.78, 5) is 14.6. The molecule has 2 aliphatic carbocycles. The molecule has 1 saturated heterocycles. The number of nitrogens with zero attached hydrogens (tertiary/aromatic N) is 1. The van der Waals surface area contributed by atoms with Gasteiger partial charge in [0.1, 0.15) is 0 Å². The zero-order chi connectivity index (χ0) is 14.3. The van der Waals surface area contributed by atoms with Crippen molar-refractivity contribution in [3.63, 3.8) is 0 Å². The summed E-state index contributed by atoms with van der Waals surface area (Å²) in [5, 5.41) is 3.56. The molecule has 0 aromatic heterocycles. The second-order valence-electron chi connectivity index (χ2n) is 7.48. The van der Waals surface area contributed by atoms with Crippen LogP contribution < -0.4 is 11.1 Å². The van der Waals surface area contributed by atoms with E-state index in [1.165, 1.54) is 32.2 Å². The van der Waals surface area contributed by atoms with Gasteiger partial charge in [0.2, 0.25) is 5.91 Å². The fourth-order valence-electron chi connectivity index (χ4n) is 4.31. The summed E-state index contributed by atoms with van der Waals surface area (Å²) < 4.78 is 0. The minimum absolute atomic E-state index is 0.134. The molecule has 4 unspecified atom stereocenters. The van der Waals surface area contributed by atoms with Gasteiger partial charge in [0.15, 0.2) is 0 Å². The Bertz CT molecular complexity index is 382. The van der Waals surface area contributed by atoms with Crippen LogP contribution in [0.1, 0.15) is 58.8 Å². The van der Waals surface area contributed by atoms with Gasteiger partial charge >= 0.3 is 0 Å². The molecule has 4 nitrogen and oxygen atoms in total. The van der Waals surface area contributed by atoms with Crippen LogP contribution in [0.2, 0.25) is 0 Å². The van der Waals surface area contributed by atoms with Crippen molar-refractivity contribution < 1.29 is 4.79 Å². The van der Waals surface area contributed by atoms with E-state index in [0.717, 1.165) is 25.2 Å². The van der Waals surface area contributed by atoms with Crippen molar-refractivity contribution in [2.24, 2.45) is 11.7 Å². The van der Waals surface area contributed by atoms with Crippen LogP contribution in [0.4, 0.5) is 0 Å². The lowest BCUT2D eigenvalue weighted by atomic mass is 9.91. The maximum Gasteiger partial charge on any atom is 0.237 e. The number of nitrogens with two attached hydrogens (primary N) is 1. The van der Waals surface area contributed by atoms with Crippen LogP contribution in [-0.4, -0.2) is 41.0 Å². The lowest BCUT2D eigenvalue weighted by molar-refractivity contribution is -0.124. The molecule has 1 aliphatic heterocycles. The van der Waals surface area contributed by atoms with Crippen molar-refractivity contribution in [3.8, 4) is 0 Å². The smallest absolute Gasteiger partial charge is 0.237 e. The second kappa shape index (κ2) is 5.30. The predicted octanol–water partition coefficient (Wildman–Crippen LogP) is 1.64. The van der Waals surface area contributed by atoms with E-state index < -0.39 is 5.54 Å². The summed E-state index contributed by atoms with van der Waals surface area (Å²) in [6, 6.07) is 1.73. The SMILES string of the molecule is CC1CCN(C2CCC(NC3CC3)(C(N)=O)C2)C(C)C1. The lowest BCUT2D eigenvalue weighted by Gasteiger charge is -2.41. The van der Waals surface area contributed by atoms with E-state index in [1.54, 1.807) is 0 Å². The van der Waals surface area contributed by atoms with Crippen LogP contribution >= 0.6 is 0 Å². The second-order valence-corrected chi connectivity index (χ2v) is 7.48. The molecule has 2 saturated carbocycles. The van der Waals surface area contributed by atoms with Crippen LogP contribution in [0, 0.1) is 5.92 Å². The molecule has 0 radical (unpaired) electrons. The van der Waals surface area contributed by atoms with Gasteiger partial charge in [0.25, 0.3) is 0 Å². The third-order valence-electron chi connectivity index (χ3n) is 5.68. The Labute approximate surface area is 122 Å². The molecular weight excluding hydrogens is 250 g/mol. The number of primary amides is 1. The van der Waals surface area contributed by atoms with Gasteiger partial charge in [-0.15, -0.1) is 0 Å². The van der Waals surface area contributed by atoms with Crippen molar-refractivity contribution >= 4 is 5.91 Å². The third kappa shape index (κ3) is 2.73. The summed E-state index contributed by atoms with van der Waals surface area (Å²) in [5.41, 5.74) is 5.32. The lowest BCUT2D eigenvalue weighted by Crippen LogP contribution is -2.56. The Morgan fingerprint density at radius 2 is 2.00 bits per heavy atom. The summed E-state index contributed by atoms with van der Waals surface area (Å²) >= 11 is 0. The third-order valence-corrected chi connectivity index (χ3v) is 5.68. The molecule has 0 bridgehead atoms. The quantitative estimate of drug-likeness (QED) is 0.822. The molecule has 1 heterocycles. The highest BCUT2D eigenvalue weighted by molar-refractivity contribution is 5.85. The van der Waals surface area contributed by atoms with Crippen molar-refractivity contribution in [2.75, 3.05) is 6.54 Å². The van der Waals surface area contributed by atoms with Crippen molar-refractivity contribution in [1.29, 1.82) is 0 Å². The number of nitrogens with one attached hydrogen (secondary N) is 1. The molecule has 3 N–H and O–H groups in total. The molecule has 20 heavy (non-hydrogen) atoms. The van der Waals surface area contributed by atoms with E-state index in [4.69, 9.17) is 5.73 Å². The Hall–Kier alpha value is -0.610. The van der Waals surface area contributed by atoms with Gasteiger partial charge in [-0.25, -0.2) is 0 Å². The zero-order valence-corrected chi connectivity index (χ0v) is 12.9. The van der Waals surface area contributed by atoms with Gasteiger partial charge in [-0.3, -0.25) is 9.69 Å². The van der Waals surface area contributed by atoms with E-state index in [2.05, 4.69) is 24.1 Å². The topological polar surface area (TPSA) is 58.4 Å². The van der Waals surface area contributed by atoms with E-state index in [0.29, 0.717) is 18.1 Å². The minimum Gasteiger partial charge on any atom is -0.368 e. The molecule has 0 aromatic rings. The first-order chi connectivity index (χ1) is 9.50. The van der Waals surface area contributed by atoms with Gasteiger partial charge < -0.3 is 11.1 Å². The molecule has 114 valence electrons. The first-order valence-corrected chi connectivity index (χ1v) is 8.33. The maximum absolute atomic E-state index is 12.0. The highest BCUT2D eigenvalue weighted by atomic mass is 16.1. The van der Waals surface area contributed by atoms with Crippen LogP contribution in [0.3, 0.4) is 0 Å². The summed E-state index contributed by atoms with van der Waals surface area (Å²) in [5.74, 6) is 0.707. The first-order valence-electron chi connectivity index (χ1n) is 8.33. The van der Waals surface area contributed by atoms with Crippen molar-refractivity contribution in [3.05, 3.63) is 0 Å². The Kier molecular flexibility index (Phi) is 3.80. The largest absolute Gasteiger partial charge is 0.368 e. The number of carbonyl (C=O) groups is 1. The number of rotatable bonds is 4. The molecular formula is C16H29N3O. The highest BCUT2D eigenvalue weighted by Crippen LogP contribution is 2.38. The Morgan fingerprint density at radius 1 is 1.25 bits per heavy atom. The number of carbonyl (C=O) groups excluding carboxylic acids is 1. The number of amides is 1. The van der Waals surface area contributed by atoms with E-state index in [9.17, 15) is 4.79 Å². The minimum atomic E-state index is -0.422. The molecule has 3 fully saturated rings. The number of hydrogen-bond acceptors (Lipinski definition) is 3. The Morgan fingerprint density at radius 3 is 2.60 bits per heavy atom. The zero-order valence-electron chi connectivity index (χ0n) is 12.9. The van der Waals surface area contributed by atoms with E-state index in [1.807, 2.05) is 0 Å². The fourth-order valence-corrected chi connectivity index (χ4v) is 4.31. The molecule has 3 aliphatic rings. The van der Waals surface area contributed by atoms with Crippen LogP contribution in [0.25, 0.3) is 0 Å². The molecule has 0 aromatic carbocycles. The number of likely N-dealkylation sites (tertiary alicyclic amines) is 1. The standard InChI is InChI=1S/C16H29N3O/c1-11-6-8-19(12(2)9-11)14-5-7-16(10-14,15(17)20)18-13-3-4-13/h11-14,18H,3-10H2,1-2H3,(H2,17,20). The summed E-state index contributed by atoms with van der Waals surface area (Å²) in [6.07, 6.45) is 7.94. The monoisotopic (exact) mass is 279 g/mol. The van der Waals surface area contributed by atoms with Crippen LogP contribution in [0.5, 0.6) is 0 Å².